The maximum absolute atomic E-state index is 14.2. The van der Waals surface area contributed by atoms with Crippen LogP contribution in [0.25, 0.3) is 5.69 Å². The van der Waals surface area contributed by atoms with Gasteiger partial charge in [-0.05, 0) is 43.9 Å². The number of aryl methyl sites for hydroxylation is 1. The number of nitrogens with zero attached hydrogens (tertiary/aromatic N) is 5. The summed E-state index contributed by atoms with van der Waals surface area (Å²) in [6.45, 7) is 5.08. The third-order valence-electron chi connectivity index (χ3n) is 5.68. The summed E-state index contributed by atoms with van der Waals surface area (Å²) >= 11 is 5.80. The number of carbonyl (C=O) groups is 1. The molecule has 2 aromatic heterocycles. The predicted octanol–water partition coefficient (Wildman–Crippen LogP) is 4.12. The monoisotopic (exact) mass is 442 g/mol. The molecule has 2 atom stereocenters. The normalized spacial score (nSPS) is 18.8. The van der Waals surface area contributed by atoms with Crippen molar-refractivity contribution in [2.24, 2.45) is 5.92 Å². The Balaban J connectivity index is 1.61. The second-order valence-corrected chi connectivity index (χ2v) is 8.33. The summed E-state index contributed by atoms with van der Waals surface area (Å²) in [5.41, 5.74) is 2.16. The first-order chi connectivity index (χ1) is 14.9. The topological polar surface area (TPSA) is 75.9 Å². The van der Waals surface area contributed by atoms with Crippen molar-refractivity contribution in [3.63, 3.8) is 0 Å². The highest BCUT2D eigenvalue weighted by Crippen LogP contribution is 2.28. The van der Waals surface area contributed by atoms with Gasteiger partial charge in [0.25, 0.3) is 5.91 Å². The van der Waals surface area contributed by atoms with E-state index in [9.17, 15) is 9.18 Å². The van der Waals surface area contributed by atoms with E-state index in [0.717, 1.165) is 18.4 Å². The minimum atomic E-state index is -0.514. The van der Waals surface area contributed by atoms with Gasteiger partial charge < -0.3 is 10.2 Å². The number of amides is 1. The highest BCUT2D eigenvalue weighted by Gasteiger charge is 2.33. The lowest BCUT2D eigenvalue weighted by atomic mass is 9.89. The molecule has 1 amide bonds. The van der Waals surface area contributed by atoms with Crippen molar-refractivity contribution in [3.05, 3.63) is 64.8 Å². The zero-order valence-electron chi connectivity index (χ0n) is 17.4. The molecule has 3 heterocycles. The number of nitrogens with one attached hydrogen (secondary N) is 1. The van der Waals surface area contributed by atoms with Crippen molar-refractivity contribution >= 4 is 23.3 Å². The third-order valence-corrected chi connectivity index (χ3v) is 5.89. The lowest BCUT2D eigenvalue weighted by molar-refractivity contribution is 0.0539. The molecule has 162 valence electrons. The van der Waals surface area contributed by atoms with E-state index in [1.54, 1.807) is 12.4 Å². The molecule has 2 unspecified atom stereocenters. The van der Waals surface area contributed by atoms with Gasteiger partial charge in [-0.2, -0.15) is 15.0 Å². The SMILES string of the molecule is Cc1ccc(-n2nccn2)c(C(=O)N2CCCC(C)C2CNc2ncc(Cl)cc2F)c1. The second kappa shape index (κ2) is 9.01. The molecule has 4 rings (SSSR count). The fourth-order valence-electron chi connectivity index (χ4n) is 4.05. The van der Waals surface area contributed by atoms with Crippen LogP contribution in [-0.4, -0.2) is 49.9 Å². The molecule has 0 spiro atoms. The number of halogens is 2. The maximum atomic E-state index is 14.2. The number of rotatable bonds is 5. The van der Waals surface area contributed by atoms with Crippen LogP contribution in [0.5, 0.6) is 0 Å². The smallest absolute Gasteiger partial charge is 0.256 e. The number of hydrogen-bond donors (Lipinski definition) is 1. The maximum Gasteiger partial charge on any atom is 0.256 e. The third kappa shape index (κ3) is 4.54. The number of likely N-dealkylation sites (tertiary alicyclic amines) is 1. The van der Waals surface area contributed by atoms with Gasteiger partial charge in [-0.1, -0.05) is 30.2 Å². The van der Waals surface area contributed by atoms with Crippen LogP contribution in [0, 0.1) is 18.7 Å². The first-order valence-corrected chi connectivity index (χ1v) is 10.6. The number of pyridine rings is 1. The number of carbonyl (C=O) groups excluding carboxylic acids is 1. The molecule has 9 heteroatoms. The van der Waals surface area contributed by atoms with Gasteiger partial charge in [-0.3, -0.25) is 4.79 Å². The molecular formula is C22H24ClFN6O. The second-order valence-electron chi connectivity index (χ2n) is 7.89. The van der Waals surface area contributed by atoms with Crippen molar-refractivity contribution in [1.82, 2.24) is 24.9 Å². The Labute approximate surface area is 185 Å². The Morgan fingerprint density at radius 3 is 2.81 bits per heavy atom. The highest BCUT2D eigenvalue weighted by atomic mass is 35.5. The fraction of sp³-hybridized carbons (Fsp3) is 0.364. The minimum absolute atomic E-state index is 0.0844. The number of benzene rings is 1. The molecule has 1 aromatic carbocycles. The highest BCUT2D eigenvalue weighted by molar-refractivity contribution is 6.30. The summed E-state index contributed by atoms with van der Waals surface area (Å²) in [6, 6.07) is 6.77. The average Bonchev–Trinajstić information content (AvgIpc) is 3.28. The molecule has 1 aliphatic rings. The minimum Gasteiger partial charge on any atom is -0.366 e. The van der Waals surface area contributed by atoms with Gasteiger partial charge in [0.2, 0.25) is 0 Å². The standard InChI is InChI=1S/C22H24ClFN6O/c1-14-5-6-19(30-27-7-8-28-30)17(10-14)22(31)29-9-3-4-15(2)20(29)13-26-21-18(24)11-16(23)12-25-21/h5-8,10-12,15,20H,3-4,9,13H2,1-2H3,(H,25,26). The molecular weight excluding hydrogens is 419 g/mol. The quantitative estimate of drug-likeness (QED) is 0.643. The van der Waals surface area contributed by atoms with Crippen LogP contribution in [0.3, 0.4) is 0 Å². The van der Waals surface area contributed by atoms with Crippen LogP contribution in [0.15, 0.2) is 42.9 Å². The van der Waals surface area contributed by atoms with Crippen molar-refractivity contribution in [3.8, 4) is 5.69 Å². The van der Waals surface area contributed by atoms with Gasteiger partial charge in [-0.15, -0.1) is 0 Å². The van der Waals surface area contributed by atoms with Crippen molar-refractivity contribution in [2.75, 3.05) is 18.4 Å². The van der Waals surface area contributed by atoms with Gasteiger partial charge in [0, 0.05) is 19.3 Å². The van der Waals surface area contributed by atoms with Crippen LogP contribution in [0.1, 0.15) is 35.7 Å². The van der Waals surface area contributed by atoms with Crippen molar-refractivity contribution in [2.45, 2.75) is 32.7 Å². The molecule has 7 nitrogen and oxygen atoms in total. The number of piperidine rings is 1. The number of aromatic nitrogens is 4. The molecule has 0 saturated carbocycles. The predicted molar refractivity (Wildman–Crippen MR) is 117 cm³/mol. The zero-order valence-corrected chi connectivity index (χ0v) is 18.2. The Morgan fingerprint density at radius 1 is 1.29 bits per heavy atom. The van der Waals surface area contributed by atoms with Crippen molar-refractivity contribution < 1.29 is 9.18 Å². The van der Waals surface area contributed by atoms with E-state index in [0.29, 0.717) is 24.3 Å². The summed E-state index contributed by atoms with van der Waals surface area (Å²) in [6.07, 6.45) is 6.47. The van der Waals surface area contributed by atoms with Crippen LogP contribution in [0.2, 0.25) is 5.02 Å². The van der Waals surface area contributed by atoms with E-state index in [-0.39, 0.29) is 28.7 Å². The largest absolute Gasteiger partial charge is 0.366 e. The van der Waals surface area contributed by atoms with E-state index in [2.05, 4.69) is 27.4 Å². The first kappa shape index (κ1) is 21.2. The van der Waals surface area contributed by atoms with Gasteiger partial charge in [0.15, 0.2) is 11.6 Å². The van der Waals surface area contributed by atoms with E-state index >= 15 is 0 Å². The number of anilines is 1. The summed E-state index contributed by atoms with van der Waals surface area (Å²) in [4.78, 5) is 21.0. The van der Waals surface area contributed by atoms with E-state index < -0.39 is 5.82 Å². The molecule has 1 N–H and O–H groups in total. The van der Waals surface area contributed by atoms with E-state index in [1.807, 2.05) is 30.0 Å². The first-order valence-electron chi connectivity index (χ1n) is 10.3. The summed E-state index contributed by atoms with van der Waals surface area (Å²) in [5.74, 6) is -0.221. The van der Waals surface area contributed by atoms with Crippen molar-refractivity contribution in [1.29, 1.82) is 0 Å². The lowest BCUT2D eigenvalue weighted by Crippen LogP contribution is -2.51. The summed E-state index contributed by atoms with van der Waals surface area (Å²) in [7, 11) is 0. The Morgan fingerprint density at radius 2 is 2.06 bits per heavy atom. The van der Waals surface area contributed by atoms with E-state index in [1.165, 1.54) is 17.1 Å². The molecule has 0 aliphatic carbocycles. The van der Waals surface area contributed by atoms with Gasteiger partial charge in [0.05, 0.1) is 34.7 Å². The average molecular weight is 443 g/mol. The molecule has 0 bridgehead atoms. The Bertz CT molecular complexity index is 1070. The molecule has 0 radical (unpaired) electrons. The van der Waals surface area contributed by atoms with Gasteiger partial charge >= 0.3 is 0 Å². The van der Waals surface area contributed by atoms with E-state index in [4.69, 9.17) is 11.6 Å². The molecule has 1 fully saturated rings. The van der Waals surface area contributed by atoms with Crippen LogP contribution >= 0.6 is 11.6 Å². The summed E-state index contributed by atoms with van der Waals surface area (Å²) < 4.78 is 14.2. The fourth-order valence-corrected chi connectivity index (χ4v) is 4.19. The summed E-state index contributed by atoms with van der Waals surface area (Å²) in [5, 5.41) is 11.7. The van der Waals surface area contributed by atoms with Gasteiger partial charge in [-0.25, -0.2) is 9.37 Å². The molecule has 1 aliphatic heterocycles. The van der Waals surface area contributed by atoms with Crippen LogP contribution < -0.4 is 5.32 Å². The Kier molecular flexibility index (Phi) is 6.18. The van der Waals surface area contributed by atoms with Crippen LogP contribution in [-0.2, 0) is 0 Å². The molecule has 3 aromatic rings. The van der Waals surface area contributed by atoms with Crippen LogP contribution in [0.4, 0.5) is 10.2 Å². The Hall–Kier alpha value is -3.00. The molecule has 31 heavy (non-hydrogen) atoms. The zero-order chi connectivity index (χ0) is 22.0. The van der Waals surface area contributed by atoms with Gasteiger partial charge in [0.1, 0.15) is 0 Å². The molecule has 1 saturated heterocycles. The lowest BCUT2D eigenvalue weighted by Gasteiger charge is -2.40. The number of hydrogen-bond acceptors (Lipinski definition) is 5.